The summed E-state index contributed by atoms with van der Waals surface area (Å²) in [5.41, 5.74) is -0.408. The summed E-state index contributed by atoms with van der Waals surface area (Å²) >= 11 is 0. The molecule has 2 rings (SSSR count). The monoisotopic (exact) mass is 274 g/mol. The molecule has 1 atom stereocenters. The van der Waals surface area contributed by atoms with Crippen molar-refractivity contribution in [2.75, 3.05) is 6.54 Å². The van der Waals surface area contributed by atoms with Gasteiger partial charge in [0.1, 0.15) is 0 Å². The van der Waals surface area contributed by atoms with E-state index in [9.17, 15) is 4.79 Å². The second-order valence-electron chi connectivity index (χ2n) is 4.38. The number of nitrogens with one attached hydrogen (secondary N) is 2. The van der Waals surface area contributed by atoms with Crippen LogP contribution in [0.3, 0.4) is 0 Å². The normalized spacial score (nSPS) is 22.6. The van der Waals surface area contributed by atoms with Crippen LogP contribution in [0.25, 0.3) is 0 Å². The Morgan fingerprint density at radius 2 is 2.39 bits per heavy atom. The average Bonchev–Trinajstić information content (AvgIpc) is 2.95. The summed E-state index contributed by atoms with van der Waals surface area (Å²) in [5, 5.41) is 9.81. The Balaban J connectivity index is 0.00000162. The Kier molecular flexibility index (Phi) is 5.10. The van der Waals surface area contributed by atoms with Gasteiger partial charge < -0.3 is 15.2 Å². The lowest BCUT2D eigenvalue weighted by molar-refractivity contribution is -0.127. The minimum atomic E-state index is -0.408. The molecule has 1 aliphatic heterocycles. The van der Waals surface area contributed by atoms with E-state index in [0.29, 0.717) is 18.3 Å². The number of hydrogen-bond acceptors (Lipinski definition) is 5. The second-order valence-corrected chi connectivity index (χ2v) is 4.38. The number of amides is 1. The maximum atomic E-state index is 12.1. The third kappa shape index (κ3) is 3.00. The Bertz CT molecular complexity index is 402. The van der Waals surface area contributed by atoms with Gasteiger partial charge in [0.15, 0.2) is 5.82 Å². The zero-order chi connectivity index (χ0) is 12.3. The van der Waals surface area contributed by atoms with Crippen LogP contribution in [0.2, 0.25) is 0 Å². The smallest absolute Gasteiger partial charge is 0.246 e. The molecule has 6 nitrogen and oxygen atoms in total. The summed E-state index contributed by atoms with van der Waals surface area (Å²) in [6.45, 7) is 4.97. The van der Waals surface area contributed by atoms with Gasteiger partial charge in [0, 0.05) is 0 Å². The Morgan fingerprint density at radius 1 is 1.61 bits per heavy atom. The first-order valence-electron chi connectivity index (χ1n) is 5.99. The fraction of sp³-hybridized carbons (Fsp3) is 0.727. The van der Waals surface area contributed by atoms with E-state index >= 15 is 0 Å². The SMILES string of the molecule is CCC1(C(=O)NCc2nc(C)no2)CCCN1.Cl. The molecule has 18 heavy (non-hydrogen) atoms. The number of carbonyl (C=O) groups excluding carboxylic acids is 1. The van der Waals surface area contributed by atoms with E-state index in [2.05, 4.69) is 20.8 Å². The van der Waals surface area contributed by atoms with Gasteiger partial charge >= 0.3 is 0 Å². The molecule has 0 saturated carbocycles. The first-order chi connectivity index (χ1) is 8.16. The maximum Gasteiger partial charge on any atom is 0.246 e. The van der Waals surface area contributed by atoms with E-state index in [-0.39, 0.29) is 18.3 Å². The minimum absolute atomic E-state index is 0. The van der Waals surface area contributed by atoms with E-state index in [4.69, 9.17) is 4.52 Å². The minimum Gasteiger partial charge on any atom is -0.345 e. The molecule has 2 heterocycles. The number of rotatable bonds is 4. The molecule has 0 bridgehead atoms. The van der Waals surface area contributed by atoms with Crippen LogP contribution in [-0.2, 0) is 11.3 Å². The number of carbonyl (C=O) groups is 1. The number of aryl methyl sites for hydroxylation is 1. The number of aromatic nitrogens is 2. The highest BCUT2D eigenvalue weighted by Gasteiger charge is 2.38. The lowest BCUT2D eigenvalue weighted by atomic mass is 9.93. The van der Waals surface area contributed by atoms with Crippen molar-refractivity contribution in [1.29, 1.82) is 0 Å². The topological polar surface area (TPSA) is 80.1 Å². The first kappa shape index (κ1) is 14.9. The van der Waals surface area contributed by atoms with Gasteiger partial charge in [0.2, 0.25) is 11.8 Å². The second kappa shape index (κ2) is 6.15. The Labute approximate surface area is 112 Å². The summed E-state index contributed by atoms with van der Waals surface area (Å²) < 4.78 is 4.95. The third-order valence-corrected chi connectivity index (χ3v) is 3.25. The quantitative estimate of drug-likeness (QED) is 0.854. The molecule has 0 radical (unpaired) electrons. The van der Waals surface area contributed by atoms with Crippen LogP contribution in [-0.4, -0.2) is 28.1 Å². The highest BCUT2D eigenvalue weighted by Crippen LogP contribution is 2.23. The molecular weight excluding hydrogens is 256 g/mol. The zero-order valence-corrected chi connectivity index (χ0v) is 11.5. The van der Waals surface area contributed by atoms with E-state index in [0.717, 1.165) is 25.8 Å². The molecule has 7 heteroatoms. The molecule has 0 aromatic carbocycles. The van der Waals surface area contributed by atoms with Gasteiger partial charge in [-0.05, 0) is 32.7 Å². The van der Waals surface area contributed by atoms with Crippen LogP contribution < -0.4 is 10.6 Å². The summed E-state index contributed by atoms with van der Waals surface area (Å²) in [5.74, 6) is 1.05. The van der Waals surface area contributed by atoms with Crippen LogP contribution in [0.4, 0.5) is 0 Å². The number of halogens is 1. The van der Waals surface area contributed by atoms with Gasteiger partial charge in [-0.15, -0.1) is 12.4 Å². The first-order valence-corrected chi connectivity index (χ1v) is 5.99. The van der Waals surface area contributed by atoms with Gasteiger partial charge in [-0.3, -0.25) is 4.79 Å². The van der Waals surface area contributed by atoms with Crippen molar-refractivity contribution >= 4 is 18.3 Å². The predicted molar refractivity (Wildman–Crippen MR) is 68.4 cm³/mol. The van der Waals surface area contributed by atoms with Crippen LogP contribution in [0.5, 0.6) is 0 Å². The Hall–Kier alpha value is -1.14. The molecule has 0 spiro atoms. The maximum absolute atomic E-state index is 12.1. The van der Waals surface area contributed by atoms with E-state index in [1.165, 1.54) is 0 Å². The number of nitrogens with zero attached hydrogens (tertiary/aromatic N) is 2. The fourth-order valence-electron chi connectivity index (χ4n) is 2.20. The molecule has 1 saturated heterocycles. The largest absolute Gasteiger partial charge is 0.345 e. The molecule has 1 aliphatic rings. The zero-order valence-electron chi connectivity index (χ0n) is 10.7. The molecule has 1 unspecified atom stereocenters. The highest BCUT2D eigenvalue weighted by molar-refractivity contribution is 5.86. The standard InChI is InChI=1S/C11H18N4O2.ClH/c1-3-11(5-4-6-13-11)10(16)12-7-9-14-8(2)15-17-9;/h13H,3-7H2,1-2H3,(H,12,16);1H. The summed E-state index contributed by atoms with van der Waals surface area (Å²) in [7, 11) is 0. The van der Waals surface area contributed by atoms with Crippen molar-refractivity contribution in [3.05, 3.63) is 11.7 Å². The van der Waals surface area contributed by atoms with Gasteiger partial charge in [-0.2, -0.15) is 4.98 Å². The van der Waals surface area contributed by atoms with Crippen molar-refractivity contribution in [3.63, 3.8) is 0 Å². The van der Waals surface area contributed by atoms with Crippen LogP contribution in [0.15, 0.2) is 4.52 Å². The third-order valence-electron chi connectivity index (χ3n) is 3.25. The van der Waals surface area contributed by atoms with Crippen molar-refractivity contribution < 1.29 is 9.32 Å². The lowest BCUT2D eigenvalue weighted by Gasteiger charge is -2.26. The summed E-state index contributed by atoms with van der Waals surface area (Å²) in [6.07, 6.45) is 2.72. The van der Waals surface area contributed by atoms with Crippen LogP contribution in [0.1, 0.15) is 37.9 Å². The predicted octanol–water partition coefficient (Wildman–Crippen LogP) is 0.948. The van der Waals surface area contributed by atoms with E-state index < -0.39 is 5.54 Å². The van der Waals surface area contributed by atoms with Gasteiger partial charge in [0.05, 0.1) is 12.1 Å². The summed E-state index contributed by atoms with van der Waals surface area (Å²) in [6, 6.07) is 0. The Morgan fingerprint density at radius 3 is 2.89 bits per heavy atom. The molecular formula is C11H19ClN4O2. The fourth-order valence-corrected chi connectivity index (χ4v) is 2.20. The molecule has 102 valence electrons. The van der Waals surface area contributed by atoms with Crippen molar-refractivity contribution in [3.8, 4) is 0 Å². The molecule has 1 aromatic rings. The van der Waals surface area contributed by atoms with Gasteiger partial charge in [-0.1, -0.05) is 12.1 Å². The molecule has 1 aromatic heterocycles. The molecule has 1 amide bonds. The van der Waals surface area contributed by atoms with Crippen LogP contribution in [0, 0.1) is 6.92 Å². The molecule has 1 fully saturated rings. The van der Waals surface area contributed by atoms with Gasteiger partial charge in [0.25, 0.3) is 0 Å². The van der Waals surface area contributed by atoms with Crippen LogP contribution >= 0.6 is 12.4 Å². The lowest BCUT2D eigenvalue weighted by Crippen LogP contribution is -2.52. The van der Waals surface area contributed by atoms with E-state index in [1.807, 2.05) is 6.92 Å². The molecule has 0 aliphatic carbocycles. The van der Waals surface area contributed by atoms with Gasteiger partial charge in [-0.25, -0.2) is 0 Å². The highest BCUT2D eigenvalue weighted by atomic mass is 35.5. The average molecular weight is 275 g/mol. The van der Waals surface area contributed by atoms with E-state index in [1.54, 1.807) is 6.92 Å². The van der Waals surface area contributed by atoms with Crippen molar-refractivity contribution in [2.24, 2.45) is 0 Å². The number of hydrogen-bond donors (Lipinski definition) is 2. The van der Waals surface area contributed by atoms with Crippen molar-refractivity contribution in [2.45, 2.75) is 45.2 Å². The molecule has 2 N–H and O–H groups in total. The summed E-state index contributed by atoms with van der Waals surface area (Å²) in [4.78, 5) is 16.2. The van der Waals surface area contributed by atoms with Crippen molar-refractivity contribution in [1.82, 2.24) is 20.8 Å².